The molecular weight excluding hydrogens is 627 g/mol. The van der Waals surface area contributed by atoms with Crippen molar-refractivity contribution >= 4 is 21.4 Å². The fourth-order valence-corrected chi connectivity index (χ4v) is 8.30. The summed E-state index contributed by atoms with van der Waals surface area (Å²) in [6, 6.07) is 23.9. The van der Waals surface area contributed by atoms with Crippen molar-refractivity contribution in [2.45, 2.75) is 67.1 Å². The molecule has 1 fully saturated rings. The van der Waals surface area contributed by atoms with Gasteiger partial charge in [0, 0.05) is 6.54 Å². The average Bonchev–Trinajstić information content (AvgIpc) is 3.63. The van der Waals surface area contributed by atoms with Crippen molar-refractivity contribution in [2.75, 3.05) is 18.0 Å². The number of benzene rings is 4. The van der Waals surface area contributed by atoms with Crippen LogP contribution in [0.15, 0.2) is 94.7 Å². The molecule has 1 heterocycles. The molecule has 1 amide bonds. The maximum atomic E-state index is 14.9. The summed E-state index contributed by atoms with van der Waals surface area (Å²) in [6.07, 6.45) is -1.89. The number of para-hydroxylation sites is 2. The summed E-state index contributed by atoms with van der Waals surface area (Å²) >= 11 is 0. The maximum absolute atomic E-state index is 14.9. The van der Waals surface area contributed by atoms with E-state index in [-0.39, 0.29) is 15.5 Å². The number of amides is 1. The molecule has 47 heavy (non-hydrogen) atoms. The van der Waals surface area contributed by atoms with Gasteiger partial charge in [-0.1, -0.05) is 67.9 Å². The van der Waals surface area contributed by atoms with Gasteiger partial charge in [0.1, 0.15) is 22.9 Å². The minimum Gasteiger partial charge on any atom is -0.456 e. The molecule has 7 nitrogen and oxygen atoms in total. The van der Waals surface area contributed by atoms with Gasteiger partial charge in [-0.2, -0.15) is 13.2 Å². The minimum atomic E-state index is -4.59. The number of fused-ring (bicyclic) bond motifs is 3. The van der Waals surface area contributed by atoms with Crippen LogP contribution in [0.4, 0.5) is 18.9 Å². The van der Waals surface area contributed by atoms with E-state index in [1.807, 2.05) is 17.9 Å². The summed E-state index contributed by atoms with van der Waals surface area (Å²) < 4.78 is 75.7. The summed E-state index contributed by atoms with van der Waals surface area (Å²) in [7, 11) is -4.29. The number of nitrogens with two attached hydrogens (primary N) is 1. The van der Waals surface area contributed by atoms with Crippen molar-refractivity contribution in [3.05, 3.63) is 102 Å². The largest absolute Gasteiger partial charge is 0.456 e. The van der Waals surface area contributed by atoms with Crippen molar-refractivity contribution < 1.29 is 31.1 Å². The van der Waals surface area contributed by atoms with E-state index in [4.69, 9.17) is 10.5 Å². The van der Waals surface area contributed by atoms with E-state index in [0.29, 0.717) is 65.1 Å². The minimum absolute atomic E-state index is 0.0231. The Bertz CT molecular complexity index is 1900. The number of sulfone groups is 1. The molecule has 6 rings (SSSR count). The van der Waals surface area contributed by atoms with Crippen LogP contribution >= 0.6 is 0 Å². The van der Waals surface area contributed by atoms with E-state index in [9.17, 15) is 26.4 Å². The number of rotatable bonds is 10. The summed E-state index contributed by atoms with van der Waals surface area (Å²) in [5.74, 6) is -1.23. The van der Waals surface area contributed by atoms with Gasteiger partial charge in [0.25, 0.3) is 0 Å². The molecule has 1 aliphatic carbocycles. The lowest BCUT2D eigenvalue weighted by molar-refractivity contribution is -0.138. The number of hydrogen-bond acceptors (Lipinski definition) is 6. The van der Waals surface area contributed by atoms with Crippen molar-refractivity contribution in [3.8, 4) is 22.6 Å². The zero-order chi connectivity index (χ0) is 33.3. The lowest BCUT2D eigenvalue weighted by Gasteiger charge is -2.31. The topological polar surface area (TPSA) is 102 Å². The van der Waals surface area contributed by atoms with Crippen LogP contribution in [0.3, 0.4) is 0 Å². The Morgan fingerprint density at radius 2 is 1.68 bits per heavy atom. The highest BCUT2D eigenvalue weighted by Gasteiger charge is 2.42. The van der Waals surface area contributed by atoms with Gasteiger partial charge in [-0.25, -0.2) is 8.42 Å². The van der Waals surface area contributed by atoms with Crippen LogP contribution in [0, 0.1) is 0 Å². The number of halogens is 3. The monoisotopic (exact) mass is 663 g/mol. The predicted octanol–water partition coefficient (Wildman–Crippen LogP) is 7.33. The van der Waals surface area contributed by atoms with Crippen LogP contribution < -0.4 is 20.7 Å². The van der Waals surface area contributed by atoms with Crippen LogP contribution in [0.25, 0.3) is 11.1 Å². The highest BCUT2D eigenvalue weighted by atomic mass is 32.2. The lowest BCUT2D eigenvalue weighted by Crippen LogP contribution is -2.39. The number of anilines is 1. The smallest absolute Gasteiger partial charge is 0.405 e. The number of nitrogens with one attached hydrogen (secondary N) is 1. The predicted molar refractivity (Wildman–Crippen MR) is 174 cm³/mol. The van der Waals surface area contributed by atoms with Crippen molar-refractivity contribution in [3.63, 3.8) is 0 Å². The first-order chi connectivity index (χ1) is 22.5. The van der Waals surface area contributed by atoms with Crippen LogP contribution in [0.5, 0.6) is 11.5 Å². The van der Waals surface area contributed by atoms with E-state index in [1.165, 1.54) is 6.07 Å². The number of carbonyl (C=O) groups excluding carboxylic acids is 1. The third kappa shape index (κ3) is 6.34. The summed E-state index contributed by atoms with van der Waals surface area (Å²) in [5.41, 5.74) is 9.80. The number of carbonyl (C=O) groups is 1. The van der Waals surface area contributed by atoms with E-state index >= 15 is 0 Å². The molecular formula is C36H36F3N3O4S. The SMILES string of the molecule is CCCCc1c2c(cc(S(=O)(=O)c3ccccc3Oc3ccccc3)c1N1CCCC1N)-c1ccccc1C2C(=O)NCC(F)(F)F. The van der Waals surface area contributed by atoms with Crippen molar-refractivity contribution in [2.24, 2.45) is 5.73 Å². The van der Waals surface area contributed by atoms with Crippen LogP contribution in [0.1, 0.15) is 55.2 Å². The standard InChI is InChI=1S/C36H36F3N3O4S/c1-2-3-14-26-32-27(24-15-7-8-16-25(24)33(32)35(43)41-22-36(37,38)39)21-30(34(26)42-20-11-19-31(42)40)47(44,45)29-18-10-9-17-28(29)46-23-12-5-4-6-13-23/h4-10,12-13,15-18,21,31,33H,2-3,11,14,19-20,22,40H2,1H3,(H,41,43). The summed E-state index contributed by atoms with van der Waals surface area (Å²) in [6.45, 7) is 1.02. The number of hydrogen-bond donors (Lipinski definition) is 2. The second-order valence-electron chi connectivity index (χ2n) is 11.9. The molecule has 0 radical (unpaired) electrons. The molecule has 0 bridgehead atoms. The Kier molecular flexibility index (Phi) is 9.04. The van der Waals surface area contributed by atoms with Crippen molar-refractivity contribution in [1.82, 2.24) is 5.32 Å². The van der Waals surface area contributed by atoms with E-state index in [0.717, 1.165) is 12.8 Å². The molecule has 0 saturated carbocycles. The highest BCUT2D eigenvalue weighted by Crippen LogP contribution is 2.53. The number of alkyl halides is 3. The molecule has 0 spiro atoms. The molecule has 1 saturated heterocycles. The molecule has 4 aromatic rings. The van der Waals surface area contributed by atoms with E-state index < -0.39 is 40.5 Å². The molecule has 246 valence electrons. The van der Waals surface area contributed by atoms with Crippen LogP contribution in [-0.2, 0) is 21.1 Å². The highest BCUT2D eigenvalue weighted by molar-refractivity contribution is 7.91. The molecule has 3 N–H and O–H groups in total. The second kappa shape index (κ2) is 13.0. The van der Waals surface area contributed by atoms with Crippen molar-refractivity contribution in [1.29, 1.82) is 0 Å². The second-order valence-corrected chi connectivity index (χ2v) is 13.8. The Labute approximate surface area is 272 Å². The van der Waals surface area contributed by atoms with E-state index in [2.05, 4.69) is 5.32 Å². The average molecular weight is 664 g/mol. The number of nitrogens with zero attached hydrogens (tertiary/aromatic N) is 1. The van der Waals surface area contributed by atoms with Gasteiger partial charge >= 0.3 is 6.18 Å². The van der Waals surface area contributed by atoms with Gasteiger partial charge < -0.3 is 20.7 Å². The van der Waals surface area contributed by atoms with Gasteiger partial charge in [0.15, 0.2) is 0 Å². The Balaban J connectivity index is 1.61. The van der Waals surface area contributed by atoms with Crippen LogP contribution in [0.2, 0.25) is 0 Å². The van der Waals surface area contributed by atoms with Gasteiger partial charge in [0.2, 0.25) is 15.7 Å². The summed E-state index contributed by atoms with van der Waals surface area (Å²) in [4.78, 5) is 15.5. The van der Waals surface area contributed by atoms with Gasteiger partial charge in [-0.05, 0) is 83.8 Å². The Hall–Kier alpha value is -4.35. The molecule has 1 aliphatic heterocycles. The lowest BCUT2D eigenvalue weighted by atomic mass is 9.88. The zero-order valence-corrected chi connectivity index (χ0v) is 26.7. The molecule has 11 heteroatoms. The third-order valence-electron chi connectivity index (χ3n) is 8.75. The first-order valence-electron chi connectivity index (χ1n) is 15.7. The summed E-state index contributed by atoms with van der Waals surface area (Å²) in [5, 5.41) is 2.09. The van der Waals surface area contributed by atoms with E-state index in [1.54, 1.807) is 72.8 Å². The number of unbranched alkanes of at least 4 members (excludes halogenated alkanes) is 1. The maximum Gasteiger partial charge on any atom is 0.405 e. The molecule has 0 aromatic heterocycles. The van der Waals surface area contributed by atoms with Crippen LogP contribution in [-0.4, -0.2) is 39.8 Å². The molecule has 2 unspecified atom stereocenters. The zero-order valence-electron chi connectivity index (χ0n) is 25.9. The molecule has 2 atom stereocenters. The number of ether oxygens (including phenoxy) is 1. The normalized spacial score (nSPS) is 17.3. The molecule has 4 aromatic carbocycles. The molecule has 2 aliphatic rings. The quantitative estimate of drug-likeness (QED) is 0.184. The fraction of sp³-hybridized carbons (Fsp3) is 0.306. The Morgan fingerprint density at radius 1 is 0.979 bits per heavy atom. The fourth-order valence-electron chi connectivity index (χ4n) is 6.67. The Morgan fingerprint density at radius 3 is 2.38 bits per heavy atom. The first kappa shape index (κ1) is 32.6. The van der Waals surface area contributed by atoms with Gasteiger partial charge in [-0.3, -0.25) is 4.79 Å². The van der Waals surface area contributed by atoms with Gasteiger partial charge in [0.05, 0.1) is 22.7 Å². The third-order valence-corrected chi connectivity index (χ3v) is 10.6. The van der Waals surface area contributed by atoms with Gasteiger partial charge in [-0.15, -0.1) is 0 Å². The first-order valence-corrected chi connectivity index (χ1v) is 17.2.